The Bertz CT molecular complexity index is 777. The molecule has 0 bridgehead atoms. The normalized spacial score (nSPS) is 10.7. The molecule has 106 valence electrons. The molecule has 3 aromatic rings. The third-order valence-electron chi connectivity index (χ3n) is 2.95. The van der Waals surface area contributed by atoms with Crippen molar-refractivity contribution in [2.45, 2.75) is 4.21 Å². The van der Waals surface area contributed by atoms with Crippen LogP contribution in [0.4, 0.5) is 0 Å². The lowest BCUT2D eigenvalue weighted by Gasteiger charge is -1.94. The number of aromatic nitrogens is 1. The number of nitrogens with two attached hydrogens (primary N) is 1. The van der Waals surface area contributed by atoms with Gasteiger partial charge in [0.25, 0.3) is 0 Å². The summed E-state index contributed by atoms with van der Waals surface area (Å²) in [5.74, 6) is 0.623. The molecule has 2 aromatic heterocycles. The fraction of sp³-hybridized carbons (Fsp3) is 0.0667. The van der Waals surface area contributed by atoms with Gasteiger partial charge in [-0.3, -0.25) is 5.41 Å². The molecule has 0 amide bonds. The van der Waals surface area contributed by atoms with E-state index in [-0.39, 0.29) is 5.84 Å². The van der Waals surface area contributed by atoms with Gasteiger partial charge in [0, 0.05) is 5.56 Å². The van der Waals surface area contributed by atoms with Crippen LogP contribution in [0, 0.1) is 5.41 Å². The second-order valence-electron chi connectivity index (χ2n) is 4.33. The van der Waals surface area contributed by atoms with E-state index in [2.05, 4.69) is 4.98 Å². The fourth-order valence-corrected chi connectivity index (χ4v) is 3.66. The van der Waals surface area contributed by atoms with Crippen LogP contribution < -0.4 is 5.73 Å². The fourth-order valence-electron chi connectivity index (χ4n) is 1.95. The Morgan fingerprint density at radius 1 is 1.33 bits per heavy atom. The molecule has 0 aliphatic carbocycles. The van der Waals surface area contributed by atoms with Gasteiger partial charge in [-0.15, -0.1) is 23.1 Å². The van der Waals surface area contributed by atoms with E-state index < -0.39 is 0 Å². The zero-order valence-corrected chi connectivity index (χ0v) is 12.9. The third-order valence-corrected chi connectivity index (χ3v) is 5.26. The van der Waals surface area contributed by atoms with Gasteiger partial charge in [0.1, 0.15) is 17.8 Å². The molecular formula is C15H13N3OS2. The van der Waals surface area contributed by atoms with Crippen LogP contribution in [-0.2, 0) is 0 Å². The molecule has 0 saturated carbocycles. The van der Waals surface area contributed by atoms with Gasteiger partial charge in [-0.25, -0.2) is 4.98 Å². The highest BCUT2D eigenvalue weighted by molar-refractivity contribution is 8.00. The van der Waals surface area contributed by atoms with Crippen LogP contribution in [0.25, 0.3) is 22.7 Å². The Labute approximate surface area is 130 Å². The van der Waals surface area contributed by atoms with Crippen molar-refractivity contribution >= 4 is 28.9 Å². The van der Waals surface area contributed by atoms with Crippen molar-refractivity contribution in [2.24, 2.45) is 5.73 Å². The minimum atomic E-state index is 0.0661. The molecule has 3 rings (SSSR count). The predicted octanol–water partition coefficient (Wildman–Crippen LogP) is 4.08. The Morgan fingerprint density at radius 3 is 2.76 bits per heavy atom. The van der Waals surface area contributed by atoms with Gasteiger partial charge in [-0.2, -0.15) is 0 Å². The second-order valence-corrected chi connectivity index (χ2v) is 6.46. The highest BCUT2D eigenvalue weighted by atomic mass is 32.2. The maximum atomic E-state index is 7.55. The lowest BCUT2D eigenvalue weighted by molar-refractivity contribution is 0.574. The molecule has 0 spiro atoms. The van der Waals surface area contributed by atoms with Crippen molar-refractivity contribution in [2.75, 3.05) is 6.26 Å². The molecule has 0 aliphatic heterocycles. The average molecular weight is 315 g/mol. The van der Waals surface area contributed by atoms with Gasteiger partial charge < -0.3 is 10.2 Å². The average Bonchev–Trinajstić information content (AvgIpc) is 3.14. The Morgan fingerprint density at radius 2 is 2.10 bits per heavy atom. The number of thioether (sulfide) groups is 1. The van der Waals surface area contributed by atoms with E-state index in [0.717, 1.165) is 25.9 Å². The van der Waals surface area contributed by atoms with E-state index in [1.807, 2.05) is 42.7 Å². The number of oxazole rings is 1. The molecule has 6 heteroatoms. The summed E-state index contributed by atoms with van der Waals surface area (Å²) < 4.78 is 6.65. The molecule has 0 fully saturated rings. The minimum Gasteiger partial charge on any atom is -0.444 e. The first-order valence-electron chi connectivity index (χ1n) is 6.22. The molecule has 3 N–H and O–H groups in total. The topological polar surface area (TPSA) is 75.9 Å². The van der Waals surface area contributed by atoms with Gasteiger partial charge in [0.2, 0.25) is 5.89 Å². The van der Waals surface area contributed by atoms with Gasteiger partial charge >= 0.3 is 0 Å². The smallest absolute Gasteiger partial charge is 0.228 e. The van der Waals surface area contributed by atoms with Crippen LogP contribution in [-0.4, -0.2) is 17.1 Å². The summed E-state index contributed by atoms with van der Waals surface area (Å²) in [5, 5.41) is 7.55. The molecule has 0 saturated heterocycles. The Hall–Kier alpha value is -2.05. The van der Waals surface area contributed by atoms with Gasteiger partial charge in [0.15, 0.2) is 0 Å². The molecule has 4 nitrogen and oxygen atoms in total. The first-order chi connectivity index (χ1) is 10.2. The largest absolute Gasteiger partial charge is 0.444 e. The first-order valence-corrected chi connectivity index (χ1v) is 8.26. The van der Waals surface area contributed by atoms with Crippen LogP contribution >= 0.6 is 23.1 Å². The highest BCUT2D eigenvalue weighted by Crippen LogP contribution is 2.38. The summed E-state index contributed by atoms with van der Waals surface area (Å²) in [5.41, 5.74) is 8.26. The second kappa shape index (κ2) is 5.75. The van der Waals surface area contributed by atoms with Crippen molar-refractivity contribution in [3.8, 4) is 22.7 Å². The van der Waals surface area contributed by atoms with Crippen molar-refractivity contribution < 1.29 is 4.42 Å². The highest BCUT2D eigenvalue weighted by Gasteiger charge is 2.17. The summed E-state index contributed by atoms with van der Waals surface area (Å²) in [4.78, 5) is 5.28. The predicted molar refractivity (Wildman–Crippen MR) is 88.0 cm³/mol. The number of nitrogen functional groups attached to an aromatic ring is 1. The number of hydrogen-bond donors (Lipinski definition) is 2. The van der Waals surface area contributed by atoms with E-state index in [9.17, 15) is 0 Å². The number of hydrogen-bond acceptors (Lipinski definition) is 5. The van der Waals surface area contributed by atoms with Gasteiger partial charge in [-0.05, 0) is 12.3 Å². The van der Waals surface area contributed by atoms with E-state index >= 15 is 0 Å². The lowest BCUT2D eigenvalue weighted by atomic mass is 10.2. The third kappa shape index (κ3) is 2.72. The minimum absolute atomic E-state index is 0.0661. The molecule has 0 atom stereocenters. The molecule has 2 heterocycles. The number of amidine groups is 1. The van der Waals surface area contributed by atoms with Gasteiger partial charge in [0.05, 0.1) is 14.6 Å². The summed E-state index contributed by atoms with van der Waals surface area (Å²) >= 11 is 3.08. The van der Waals surface area contributed by atoms with Crippen molar-refractivity contribution in [3.63, 3.8) is 0 Å². The summed E-state index contributed by atoms with van der Waals surface area (Å²) in [6.45, 7) is 0. The van der Waals surface area contributed by atoms with Crippen LogP contribution in [0.3, 0.4) is 0 Å². The Balaban J connectivity index is 2.02. The molecule has 0 radical (unpaired) electrons. The van der Waals surface area contributed by atoms with Crippen LogP contribution in [0.1, 0.15) is 4.88 Å². The van der Waals surface area contributed by atoms with E-state index in [0.29, 0.717) is 5.89 Å². The van der Waals surface area contributed by atoms with Gasteiger partial charge in [-0.1, -0.05) is 30.3 Å². The zero-order chi connectivity index (χ0) is 14.8. The molecule has 0 aliphatic rings. The maximum Gasteiger partial charge on any atom is 0.228 e. The molecule has 0 unspecified atom stereocenters. The first kappa shape index (κ1) is 13.9. The van der Waals surface area contributed by atoms with E-state index in [1.54, 1.807) is 18.0 Å². The number of nitrogens with one attached hydrogen (secondary N) is 1. The SMILES string of the molecule is CSc1sc(C(=N)N)cc1-c1nc(-c2ccccc2)co1. The van der Waals surface area contributed by atoms with Crippen molar-refractivity contribution in [1.29, 1.82) is 5.41 Å². The van der Waals surface area contributed by atoms with Crippen LogP contribution in [0.15, 0.2) is 51.3 Å². The zero-order valence-electron chi connectivity index (χ0n) is 11.3. The van der Waals surface area contributed by atoms with Crippen molar-refractivity contribution in [3.05, 3.63) is 47.5 Å². The molecule has 1 aromatic carbocycles. The summed E-state index contributed by atoms with van der Waals surface area (Å²) in [6, 6.07) is 11.7. The number of benzene rings is 1. The van der Waals surface area contributed by atoms with Crippen molar-refractivity contribution in [1.82, 2.24) is 4.98 Å². The quantitative estimate of drug-likeness (QED) is 0.432. The number of thiophene rings is 1. The lowest BCUT2D eigenvalue weighted by Crippen LogP contribution is -2.08. The molecule has 21 heavy (non-hydrogen) atoms. The van der Waals surface area contributed by atoms with Crippen LogP contribution in [0.2, 0.25) is 0 Å². The summed E-state index contributed by atoms with van der Waals surface area (Å²) in [6.07, 6.45) is 3.64. The molecular weight excluding hydrogens is 302 g/mol. The Kier molecular flexibility index (Phi) is 3.81. The standard InChI is InChI=1S/C15H13N3OS2/c1-20-15-10(7-12(21-15)13(16)17)14-18-11(8-19-14)9-5-3-2-4-6-9/h2-8H,1H3,(H3,16,17). The van der Waals surface area contributed by atoms with E-state index in [4.69, 9.17) is 15.6 Å². The monoisotopic (exact) mass is 315 g/mol. The summed E-state index contributed by atoms with van der Waals surface area (Å²) in [7, 11) is 0. The number of nitrogens with zero attached hydrogens (tertiary/aromatic N) is 1. The number of rotatable bonds is 4. The van der Waals surface area contributed by atoms with Crippen LogP contribution in [0.5, 0.6) is 0 Å². The van der Waals surface area contributed by atoms with E-state index in [1.165, 1.54) is 11.3 Å². The maximum absolute atomic E-state index is 7.55.